The third kappa shape index (κ3) is 2.86. The molecule has 82 valence electrons. The molecule has 3 nitrogen and oxygen atoms in total. The molecular formula is C12H17NO2. The Labute approximate surface area is 90.6 Å². The minimum atomic E-state index is 0.701. The lowest BCUT2D eigenvalue weighted by molar-refractivity contribution is 0.152. The molecule has 1 fully saturated rings. The number of nitrogens with zero attached hydrogens (tertiary/aromatic N) is 1. The molecule has 2 rings (SSSR count). The number of hydrogen-bond donors (Lipinski definition) is 0. The van der Waals surface area contributed by atoms with Crippen LogP contribution in [0.1, 0.15) is 12.8 Å². The van der Waals surface area contributed by atoms with Crippen molar-refractivity contribution in [3.8, 4) is 11.5 Å². The molecule has 0 aromatic heterocycles. The molecule has 0 saturated carbocycles. The van der Waals surface area contributed by atoms with Crippen LogP contribution < -0.4 is 9.47 Å². The first-order valence-corrected chi connectivity index (χ1v) is 5.38. The number of methoxy groups -OCH3 is 1. The molecule has 1 saturated heterocycles. The lowest BCUT2D eigenvalue weighted by atomic mass is 10.3. The van der Waals surface area contributed by atoms with E-state index < -0.39 is 0 Å². The van der Waals surface area contributed by atoms with Crippen LogP contribution in [-0.4, -0.2) is 31.8 Å². The average molecular weight is 207 g/mol. The summed E-state index contributed by atoms with van der Waals surface area (Å²) in [5.41, 5.74) is 0. The van der Waals surface area contributed by atoms with Crippen LogP contribution in [0.25, 0.3) is 0 Å². The van der Waals surface area contributed by atoms with Crippen molar-refractivity contribution >= 4 is 0 Å². The van der Waals surface area contributed by atoms with Crippen LogP contribution in [-0.2, 0) is 0 Å². The second-order valence-electron chi connectivity index (χ2n) is 3.77. The highest BCUT2D eigenvalue weighted by Crippen LogP contribution is 2.17. The molecular weight excluding hydrogens is 190 g/mol. The fourth-order valence-corrected chi connectivity index (χ4v) is 1.75. The molecule has 0 amide bonds. The molecule has 1 aliphatic heterocycles. The van der Waals surface area contributed by atoms with Crippen LogP contribution >= 0.6 is 0 Å². The quantitative estimate of drug-likeness (QED) is 0.755. The summed E-state index contributed by atoms with van der Waals surface area (Å²) in [5, 5.41) is 0. The Hall–Kier alpha value is -1.22. The van der Waals surface area contributed by atoms with Gasteiger partial charge >= 0.3 is 0 Å². The predicted molar refractivity (Wildman–Crippen MR) is 59.3 cm³/mol. The van der Waals surface area contributed by atoms with E-state index in [9.17, 15) is 0 Å². The van der Waals surface area contributed by atoms with E-state index in [0.29, 0.717) is 6.73 Å². The molecule has 0 aliphatic carbocycles. The van der Waals surface area contributed by atoms with Crippen molar-refractivity contribution in [2.45, 2.75) is 12.8 Å². The zero-order valence-electron chi connectivity index (χ0n) is 9.11. The highest BCUT2D eigenvalue weighted by molar-refractivity contribution is 5.31. The van der Waals surface area contributed by atoms with Crippen molar-refractivity contribution in [1.82, 2.24) is 4.90 Å². The van der Waals surface area contributed by atoms with Gasteiger partial charge in [-0.25, -0.2) is 0 Å². The molecule has 1 aromatic carbocycles. The maximum atomic E-state index is 5.66. The van der Waals surface area contributed by atoms with Gasteiger partial charge in [-0.05, 0) is 37.1 Å². The van der Waals surface area contributed by atoms with E-state index in [1.807, 2.05) is 24.3 Å². The molecule has 1 heterocycles. The Morgan fingerprint density at radius 1 is 1.07 bits per heavy atom. The largest absolute Gasteiger partial charge is 0.497 e. The molecule has 0 radical (unpaired) electrons. The molecule has 1 aliphatic rings. The second kappa shape index (κ2) is 5.03. The maximum absolute atomic E-state index is 5.66. The van der Waals surface area contributed by atoms with Crippen LogP contribution in [0.4, 0.5) is 0 Å². The third-order valence-corrected chi connectivity index (χ3v) is 2.67. The van der Waals surface area contributed by atoms with Crippen LogP contribution in [0.5, 0.6) is 11.5 Å². The highest BCUT2D eigenvalue weighted by Gasteiger charge is 2.11. The Bertz CT molecular complexity index is 291. The molecule has 3 heteroatoms. The van der Waals surface area contributed by atoms with Crippen molar-refractivity contribution < 1.29 is 9.47 Å². The normalized spacial score (nSPS) is 16.6. The van der Waals surface area contributed by atoms with Gasteiger partial charge in [0.1, 0.15) is 18.2 Å². The number of likely N-dealkylation sites (tertiary alicyclic amines) is 1. The van der Waals surface area contributed by atoms with E-state index in [-0.39, 0.29) is 0 Å². The van der Waals surface area contributed by atoms with Gasteiger partial charge < -0.3 is 9.47 Å². The monoisotopic (exact) mass is 207 g/mol. The summed E-state index contributed by atoms with van der Waals surface area (Å²) in [4.78, 5) is 2.32. The third-order valence-electron chi connectivity index (χ3n) is 2.67. The minimum absolute atomic E-state index is 0.701. The lowest BCUT2D eigenvalue weighted by Gasteiger charge is -2.15. The van der Waals surface area contributed by atoms with Crippen LogP contribution in [0.15, 0.2) is 24.3 Å². The average Bonchev–Trinajstić information content (AvgIpc) is 2.80. The van der Waals surface area contributed by atoms with E-state index in [4.69, 9.17) is 9.47 Å². The number of ether oxygens (including phenoxy) is 2. The molecule has 0 N–H and O–H groups in total. The molecule has 15 heavy (non-hydrogen) atoms. The second-order valence-corrected chi connectivity index (χ2v) is 3.77. The van der Waals surface area contributed by atoms with Crippen molar-refractivity contribution in [1.29, 1.82) is 0 Å². The van der Waals surface area contributed by atoms with E-state index in [0.717, 1.165) is 24.6 Å². The SMILES string of the molecule is COc1ccc(OCN2CCCC2)cc1. The Morgan fingerprint density at radius 3 is 2.27 bits per heavy atom. The van der Waals surface area contributed by atoms with Gasteiger partial charge in [0.05, 0.1) is 7.11 Å². The van der Waals surface area contributed by atoms with Gasteiger partial charge in [0, 0.05) is 13.1 Å². The standard InChI is InChI=1S/C12H17NO2/c1-14-11-4-6-12(7-5-11)15-10-13-8-2-3-9-13/h4-7H,2-3,8-10H2,1H3. The van der Waals surface area contributed by atoms with Crippen molar-refractivity contribution in [2.24, 2.45) is 0 Å². The van der Waals surface area contributed by atoms with Gasteiger partial charge in [0.25, 0.3) is 0 Å². The van der Waals surface area contributed by atoms with Gasteiger partial charge in [-0.15, -0.1) is 0 Å². The molecule has 0 bridgehead atoms. The smallest absolute Gasteiger partial charge is 0.142 e. The van der Waals surface area contributed by atoms with Crippen molar-refractivity contribution in [2.75, 3.05) is 26.9 Å². The number of benzene rings is 1. The minimum Gasteiger partial charge on any atom is -0.497 e. The maximum Gasteiger partial charge on any atom is 0.142 e. The summed E-state index contributed by atoms with van der Waals surface area (Å²) < 4.78 is 10.7. The summed E-state index contributed by atoms with van der Waals surface area (Å²) in [6.45, 7) is 3.03. The highest BCUT2D eigenvalue weighted by atomic mass is 16.5. The van der Waals surface area contributed by atoms with E-state index in [1.165, 1.54) is 12.8 Å². The topological polar surface area (TPSA) is 21.7 Å². The predicted octanol–water partition coefficient (Wildman–Crippen LogP) is 2.13. The number of hydrogen-bond acceptors (Lipinski definition) is 3. The van der Waals surface area contributed by atoms with Crippen LogP contribution in [0.2, 0.25) is 0 Å². The van der Waals surface area contributed by atoms with Gasteiger partial charge in [0.15, 0.2) is 0 Å². The van der Waals surface area contributed by atoms with E-state index in [1.54, 1.807) is 7.11 Å². The zero-order chi connectivity index (χ0) is 10.5. The Kier molecular flexibility index (Phi) is 3.45. The lowest BCUT2D eigenvalue weighted by Crippen LogP contribution is -2.24. The van der Waals surface area contributed by atoms with E-state index >= 15 is 0 Å². The van der Waals surface area contributed by atoms with Gasteiger partial charge in [-0.1, -0.05) is 0 Å². The first-order valence-electron chi connectivity index (χ1n) is 5.38. The zero-order valence-corrected chi connectivity index (χ0v) is 9.11. The van der Waals surface area contributed by atoms with Gasteiger partial charge in [0.2, 0.25) is 0 Å². The summed E-state index contributed by atoms with van der Waals surface area (Å²) in [6, 6.07) is 7.71. The summed E-state index contributed by atoms with van der Waals surface area (Å²) in [6.07, 6.45) is 2.60. The molecule has 0 atom stereocenters. The fourth-order valence-electron chi connectivity index (χ4n) is 1.75. The molecule has 0 spiro atoms. The Balaban J connectivity index is 1.82. The summed E-state index contributed by atoms with van der Waals surface area (Å²) in [5.74, 6) is 1.77. The van der Waals surface area contributed by atoms with E-state index in [2.05, 4.69) is 4.90 Å². The van der Waals surface area contributed by atoms with Crippen molar-refractivity contribution in [3.05, 3.63) is 24.3 Å². The fraction of sp³-hybridized carbons (Fsp3) is 0.500. The summed E-state index contributed by atoms with van der Waals surface area (Å²) >= 11 is 0. The summed E-state index contributed by atoms with van der Waals surface area (Å²) in [7, 11) is 1.67. The molecule has 0 unspecified atom stereocenters. The first-order chi connectivity index (χ1) is 7.38. The van der Waals surface area contributed by atoms with Crippen molar-refractivity contribution in [3.63, 3.8) is 0 Å². The molecule has 1 aromatic rings. The first kappa shape index (κ1) is 10.3. The number of rotatable bonds is 4. The van der Waals surface area contributed by atoms with Gasteiger partial charge in [-0.3, -0.25) is 4.90 Å². The van der Waals surface area contributed by atoms with Crippen LogP contribution in [0, 0.1) is 0 Å². The Morgan fingerprint density at radius 2 is 1.67 bits per heavy atom. The van der Waals surface area contributed by atoms with Gasteiger partial charge in [-0.2, -0.15) is 0 Å². The van der Waals surface area contributed by atoms with Crippen LogP contribution in [0.3, 0.4) is 0 Å².